The number of halogens is 1. The molecule has 2 aromatic carbocycles. The Morgan fingerprint density at radius 3 is 2.22 bits per heavy atom. The van der Waals surface area contributed by atoms with E-state index in [1.807, 2.05) is 0 Å². The molecule has 0 saturated carbocycles. The van der Waals surface area contributed by atoms with Crippen molar-refractivity contribution in [1.29, 1.82) is 0 Å². The van der Waals surface area contributed by atoms with Crippen LogP contribution in [-0.4, -0.2) is 56.9 Å². The molecular formula is C22H21ClN2O6S. The van der Waals surface area contributed by atoms with Gasteiger partial charge in [-0.3, -0.25) is 14.5 Å². The summed E-state index contributed by atoms with van der Waals surface area (Å²) in [6, 6.07) is 10.0. The van der Waals surface area contributed by atoms with Crippen molar-refractivity contribution in [3.8, 4) is 17.2 Å². The van der Waals surface area contributed by atoms with Gasteiger partial charge in [-0.2, -0.15) is 0 Å². The first-order chi connectivity index (χ1) is 15.3. The second-order valence-electron chi connectivity index (χ2n) is 6.54. The molecule has 0 unspecified atom stereocenters. The molecule has 32 heavy (non-hydrogen) atoms. The van der Waals surface area contributed by atoms with Gasteiger partial charge in [0.05, 0.1) is 39.1 Å². The number of ether oxygens (including phenoxy) is 4. The van der Waals surface area contributed by atoms with Gasteiger partial charge >= 0.3 is 5.97 Å². The highest BCUT2D eigenvalue weighted by molar-refractivity contribution is 7.80. The number of carbonyl (C=O) groups excluding carboxylic acids is 2. The number of nitrogens with zero attached hydrogens (tertiary/aromatic N) is 2. The van der Waals surface area contributed by atoms with Crippen LogP contribution in [0, 0.1) is 0 Å². The maximum Gasteiger partial charge on any atom is 0.325 e. The fourth-order valence-corrected chi connectivity index (χ4v) is 3.67. The van der Waals surface area contributed by atoms with E-state index in [-0.39, 0.29) is 17.4 Å². The molecule has 168 valence electrons. The minimum absolute atomic E-state index is 0.133. The molecule has 0 aliphatic carbocycles. The van der Waals surface area contributed by atoms with E-state index in [1.54, 1.807) is 49.6 Å². The third-order valence-electron chi connectivity index (χ3n) is 4.78. The Labute approximate surface area is 195 Å². The first-order valence-electron chi connectivity index (χ1n) is 9.34. The number of hydrogen-bond donors (Lipinski definition) is 0. The number of amides is 1. The minimum Gasteiger partial charge on any atom is -0.497 e. The third-order valence-corrected chi connectivity index (χ3v) is 5.51. The number of anilines is 1. The lowest BCUT2D eigenvalue weighted by molar-refractivity contribution is -0.140. The molecule has 1 aliphatic heterocycles. The Bertz CT molecular complexity index is 1090. The zero-order chi connectivity index (χ0) is 23.4. The van der Waals surface area contributed by atoms with E-state index in [0.717, 1.165) is 0 Å². The van der Waals surface area contributed by atoms with Crippen LogP contribution in [0.3, 0.4) is 0 Å². The van der Waals surface area contributed by atoms with Crippen LogP contribution in [0.1, 0.15) is 5.56 Å². The van der Waals surface area contributed by atoms with Crippen molar-refractivity contribution in [2.24, 2.45) is 0 Å². The maximum absolute atomic E-state index is 13.4. The topological polar surface area (TPSA) is 77.5 Å². The van der Waals surface area contributed by atoms with Crippen molar-refractivity contribution in [3.05, 3.63) is 52.7 Å². The molecule has 8 nitrogen and oxygen atoms in total. The predicted molar refractivity (Wildman–Crippen MR) is 124 cm³/mol. The zero-order valence-corrected chi connectivity index (χ0v) is 19.5. The molecule has 1 heterocycles. The predicted octanol–water partition coefficient (Wildman–Crippen LogP) is 3.51. The smallest absolute Gasteiger partial charge is 0.325 e. The molecule has 2 aromatic rings. The Morgan fingerprint density at radius 2 is 1.66 bits per heavy atom. The first kappa shape index (κ1) is 23.4. The Hall–Kier alpha value is -3.30. The van der Waals surface area contributed by atoms with Gasteiger partial charge in [-0.05, 0) is 54.2 Å². The molecule has 1 amide bonds. The lowest BCUT2D eigenvalue weighted by Gasteiger charge is -2.19. The number of benzene rings is 2. The summed E-state index contributed by atoms with van der Waals surface area (Å²) in [7, 11) is 5.80. The van der Waals surface area contributed by atoms with Gasteiger partial charge in [-0.1, -0.05) is 11.6 Å². The van der Waals surface area contributed by atoms with Gasteiger partial charge in [0.15, 0.2) is 16.6 Å². The largest absolute Gasteiger partial charge is 0.497 e. The average molecular weight is 477 g/mol. The van der Waals surface area contributed by atoms with Gasteiger partial charge < -0.3 is 23.8 Å². The number of rotatable bonds is 7. The van der Waals surface area contributed by atoms with Gasteiger partial charge in [0.25, 0.3) is 5.91 Å². The van der Waals surface area contributed by atoms with Gasteiger partial charge in [0.2, 0.25) is 0 Å². The van der Waals surface area contributed by atoms with Crippen LogP contribution < -0.4 is 19.1 Å². The van der Waals surface area contributed by atoms with Crippen molar-refractivity contribution < 1.29 is 28.5 Å². The second kappa shape index (κ2) is 9.88. The highest BCUT2D eigenvalue weighted by Gasteiger charge is 2.40. The zero-order valence-electron chi connectivity index (χ0n) is 17.9. The molecule has 0 radical (unpaired) electrons. The number of hydrogen-bond acceptors (Lipinski definition) is 7. The van der Waals surface area contributed by atoms with Gasteiger partial charge in [-0.25, -0.2) is 0 Å². The summed E-state index contributed by atoms with van der Waals surface area (Å²) in [5.41, 5.74) is 1.17. The van der Waals surface area contributed by atoms with E-state index < -0.39 is 11.9 Å². The molecule has 1 fully saturated rings. The highest BCUT2D eigenvalue weighted by Crippen LogP contribution is 2.36. The van der Waals surface area contributed by atoms with Crippen LogP contribution >= 0.6 is 23.8 Å². The molecule has 3 rings (SSSR count). The summed E-state index contributed by atoms with van der Waals surface area (Å²) >= 11 is 11.9. The summed E-state index contributed by atoms with van der Waals surface area (Å²) < 4.78 is 20.5. The van der Waals surface area contributed by atoms with E-state index in [1.165, 1.54) is 31.1 Å². The van der Waals surface area contributed by atoms with Crippen molar-refractivity contribution in [2.75, 3.05) is 39.9 Å². The summed E-state index contributed by atoms with van der Waals surface area (Å²) in [6.45, 7) is -0.246. The summed E-state index contributed by atoms with van der Waals surface area (Å²) in [5.74, 6) is 0.532. The van der Waals surface area contributed by atoms with Crippen LogP contribution in [-0.2, 0) is 14.3 Å². The van der Waals surface area contributed by atoms with Crippen LogP contribution in [0.15, 0.2) is 42.1 Å². The third kappa shape index (κ3) is 4.49. The standard InChI is InChI=1S/C22H21ClN2O6S/c1-28-15-7-5-14(6-8-15)25-21(27)17(24(22(25)32)12-20(26)31-4)9-13-10-18(29-2)19(30-3)11-16(13)23/h5-11H,12H2,1-4H3/b17-9-. The fourth-order valence-electron chi connectivity index (χ4n) is 3.11. The van der Waals surface area contributed by atoms with Crippen LogP contribution in [0.5, 0.6) is 17.2 Å². The van der Waals surface area contributed by atoms with E-state index in [4.69, 9.17) is 42.8 Å². The Morgan fingerprint density at radius 1 is 1.03 bits per heavy atom. The molecular weight excluding hydrogens is 456 g/mol. The number of thiocarbonyl (C=S) groups is 1. The van der Waals surface area contributed by atoms with E-state index in [0.29, 0.717) is 33.5 Å². The van der Waals surface area contributed by atoms with Crippen molar-refractivity contribution in [2.45, 2.75) is 0 Å². The number of methoxy groups -OCH3 is 4. The maximum atomic E-state index is 13.4. The second-order valence-corrected chi connectivity index (χ2v) is 7.31. The molecule has 1 saturated heterocycles. The Balaban J connectivity index is 2.09. The molecule has 0 aromatic heterocycles. The lowest BCUT2D eigenvalue weighted by Crippen LogP contribution is -2.35. The van der Waals surface area contributed by atoms with Gasteiger partial charge in [0.1, 0.15) is 18.0 Å². The monoisotopic (exact) mass is 476 g/mol. The molecule has 10 heteroatoms. The molecule has 0 N–H and O–H groups in total. The van der Waals surface area contributed by atoms with Crippen LogP contribution in [0.4, 0.5) is 5.69 Å². The fraction of sp³-hybridized carbons (Fsp3) is 0.227. The summed E-state index contributed by atoms with van der Waals surface area (Å²) in [5, 5.41) is 0.461. The summed E-state index contributed by atoms with van der Waals surface area (Å²) in [4.78, 5) is 28.2. The van der Waals surface area contributed by atoms with E-state index in [9.17, 15) is 9.59 Å². The van der Waals surface area contributed by atoms with E-state index >= 15 is 0 Å². The van der Waals surface area contributed by atoms with Crippen molar-refractivity contribution in [3.63, 3.8) is 0 Å². The lowest BCUT2D eigenvalue weighted by atomic mass is 10.1. The molecule has 1 aliphatic rings. The molecule has 0 bridgehead atoms. The van der Waals surface area contributed by atoms with Crippen molar-refractivity contribution >= 4 is 52.6 Å². The van der Waals surface area contributed by atoms with Crippen molar-refractivity contribution in [1.82, 2.24) is 4.90 Å². The minimum atomic E-state index is -0.555. The first-order valence-corrected chi connectivity index (χ1v) is 10.1. The molecule has 0 atom stereocenters. The normalized spacial score (nSPS) is 14.7. The Kier molecular flexibility index (Phi) is 7.22. The number of carbonyl (C=O) groups is 2. The highest BCUT2D eigenvalue weighted by atomic mass is 35.5. The van der Waals surface area contributed by atoms with Gasteiger partial charge in [-0.15, -0.1) is 0 Å². The van der Waals surface area contributed by atoms with Crippen LogP contribution in [0.25, 0.3) is 6.08 Å². The average Bonchev–Trinajstić information content (AvgIpc) is 3.03. The van der Waals surface area contributed by atoms with E-state index in [2.05, 4.69) is 0 Å². The molecule has 0 spiro atoms. The van der Waals surface area contributed by atoms with Gasteiger partial charge in [0, 0.05) is 6.07 Å². The quantitative estimate of drug-likeness (QED) is 0.341. The van der Waals surface area contributed by atoms with Crippen LogP contribution in [0.2, 0.25) is 5.02 Å². The number of esters is 1. The SMILES string of the molecule is COC(=O)CN1C(=S)N(c2ccc(OC)cc2)C(=O)/C1=C/c1cc(OC)c(OC)cc1Cl. The summed E-state index contributed by atoms with van der Waals surface area (Å²) in [6.07, 6.45) is 1.55.